The summed E-state index contributed by atoms with van der Waals surface area (Å²) in [5.74, 6) is 1.02. The number of halogens is 4. The lowest BCUT2D eigenvalue weighted by molar-refractivity contribution is -0.137. The molecular formula is C20H21ClF3N7. The zero-order chi connectivity index (χ0) is 22.3. The van der Waals surface area contributed by atoms with Crippen LogP contribution in [0.2, 0.25) is 5.02 Å². The van der Waals surface area contributed by atoms with Crippen molar-refractivity contribution in [2.45, 2.75) is 13.1 Å². The molecule has 2 aromatic heterocycles. The average Bonchev–Trinajstić information content (AvgIpc) is 2.71. The van der Waals surface area contributed by atoms with Gasteiger partial charge in [0.1, 0.15) is 11.6 Å². The fourth-order valence-corrected chi connectivity index (χ4v) is 4.05. The van der Waals surface area contributed by atoms with Crippen LogP contribution in [0.4, 0.5) is 30.8 Å². The molecule has 4 rings (SSSR count). The van der Waals surface area contributed by atoms with Gasteiger partial charge in [-0.25, -0.2) is 9.97 Å². The molecule has 0 atom stereocenters. The van der Waals surface area contributed by atoms with Crippen LogP contribution in [-0.2, 0) is 6.18 Å². The number of nitrogens with one attached hydrogen (secondary N) is 2. The molecule has 1 aliphatic rings. The van der Waals surface area contributed by atoms with Crippen molar-refractivity contribution in [3.63, 3.8) is 0 Å². The molecule has 1 aliphatic heterocycles. The third-order valence-corrected chi connectivity index (χ3v) is 5.49. The number of fused-ring (bicyclic) bond motifs is 1. The highest BCUT2D eigenvalue weighted by molar-refractivity contribution is 6.34. The van der Waals surface area contributed by atoms with E-state index in [4.69, 9.17) is 17.3 Å². The SMILES string of the molecule is CNc1nc(N2CCNCC2)c2cc(Cl)c(-c3nc(N)cc(C)c3C(F)(F)F)cc2n1. The van der Waals surface area contributed by atoms with Crippen LogP contribution in [0.1, 0.15) is 11.1 Å². The minimum Gasteiger partial charge on any atom is -0.384 e. The van der Waals surface area contributed by atoms with E-state index >= 15 is 0 Å². The molecule has 0 amide bonds. The van der Waals surface area contributed by atoms with Crippen molar-refractivity contribution in [1.82, 2.24) is 20.3 Å². The molecule has 3 heterocycles. The van der Waals surface area contributed by atoms with Gasteiger partial charge in [-0.2, -0.15) is 18.2 Å². The number of piperazine rings is 1. The Hall–Kier alpha value is -2.85. The molecule has 164 valence electrons. The van der Waals surface area contributed by atoms with E-state index in [1.807, 2.05) is 0 Å². The molecule has 31 heavy (non-hydrogen) atoms. The summed E-state index contributed by atoms with van der Waals surface area (Å²) in [6.07, 6.45) is -4.62. The maximum atomic E-state index is 13.8. The van der Waals surface area contributed by atoms with E-state index in [1.165, 1.54) is 19.1 Å². The highest BCUT2D eigenvalue weighted by Gasteiger charge is 2.37. The van der Waals surface area contributed by atoms with E-state index in [2.05, 4.69) is 30.5 Å². The summed E-state index contributed by atoms with van der Waals surface area (Å²) in [7, 11) is 1.68. The standard InChI is InChI=1S/C20H21ClF3N7/c1-10-7-15(25)29-17(16(10)20(22,23)24)11-9-14-12(8-13(11)21)18(30-19(26-2)28-14)31-5-3-27-4-6-31/h7-9,27H,3-6H2,1-2H3,(H2,25,29)(H,26,28,30). The topological polar surface area (TPSA) is 92.0 Å². The molecule has 0 radical (unpaired) electrons. The van der Waals surface area contributed by atoms with E-state index in [-0.39, 0.29) is 27.7 Å². The van der Waals surface area contributed by atoms with Crippen LogP contribution in [0.15, 0.2) is 18.2 Å². The van der Waals surface area contributed by atoms with E-state index in [9.17, 15) is 13.2 Å². The van der Waals surface area contributed by atoms with E-state index in [0.717, 1.165) is 26.2 Å². The highest BCUT2D eigenvalue weighted by atomic mass is 35.5. The predicted octanol–water partition coefficient (Wildman–Crippen LogP) is 3.71. The van der Waals surface area contributed by atoms with Crippen molar-refractivity contribution in [3.05, 3.63) is 34.3 Å². The number of nitrogens with zero attached hydrogens (tertiary/aromatic N) is 4. The molecule has 7 nitrogen and oxygen atoms in total. The summed E-state index contributed by atoms with van der Waals surface area (Å²) < 4.78 is 41.5. The number of alkyl halides is 3. The summed E-state index contributed by atoms with van der Waals surface area (Å²) >= 11 is 6.50. The molecule has 3 aromatic rings. The van der Waals surface area contributed by atoms with E-state index in [1.54, 1.807) is 13.1 Å². The van der Waals surface area contributed by atoms with Crippen LogP contribution in [0, 0.1) is 6.92 Å². The third kappa shape index (κ3) is 4.05. The van der Waals surface area contributed by atoms with Gasteiger partial charge in [-0.05, 0) is 30.7 Å². The average molecular weight is 452 g/mol. The minimum absolute atomic E-state index is 0.0169. The van der Waals surface area contributed by atoms with E-state index in [0.29, 0.717) is 22.7 Å². The fraction of sp³-hybridized carbons (Fsp3) is 0.350. The molecule has 1 fully saturated rings. The number of benzene rings is 1. The Bertz CT molecular complexity index is 1140. The number of anilines is 3. The van der Waals surface area contributed by atoms with Gasteiger partial charge in [-0.1, -0.05) is 11.6 Å². The summed E-state index contributed by atoms with van der Waals surface area (Å²) in [5, 5.41) is 6.97. The lowest BCUT2D eigenvalue weighted by atomic mass is 9.99. The van der Waals surface area contributed by atoms with Gasteiger partial charge in [0, 0.05) is 44.2 Å². The smallest absolute Gasteiger partial charge is 0.384 e. The first-order valence-electron chi connectivity index (χ1n) is 9.68. The van der Waals surface area contributed by atoms with Crippen LogP contribution in [0.5, 0.6) is 0 Å². The molecule has 0 aliphatic carbocycles. The van der Waals surface area contributed by atoms with Gasteiger partial charge in [0.2, 0.25) is 5.95 Å². The molecule has 0 bridgehead atoms. The van der Waals surface area contributed by atoms with Gasteiger partial charge >= 0.3 is 6.18 Å². The normalized spacial score (nSPS) is 14.8. The molecule has 0 unspecified atom stereocenters. The number of nitrogens with two attached hydrogens (primary N) is 1. The summed E-state index contributed by atoms with van der Waals surface area (Å²) in [4.78, 5) is 15.1. The summed E-state index contributed by atoms with van der Waals surface area (Å²) in [6, 6.07) is 4.32. The first-order chi connectivity index (χ1) is 14.7. The van der Waals surface area contributed by atoms with Crippen molar-refractivity contribution < 1.29 is 13.2 Å². The van der Waals surface area contributed by atoms with Crippen molar-refractivity contribution in [2.24, 2.45) is 0 Å². The first kappa shape index (κ1) is 21.4. The van der Waals surface area contributed by atoms with Crippen LogP contribution >= 0.6 is 11.6 Å². The number of aryl methyl sites for hydroxylation is 1. The number of hydrogen-bond acceptors (Lipinski definition) is 7. The first-order valence-corrected chi connectivity index (χ1v) is 10.1. The molecule has 0 saturated carbocycles. The number of nitrogen functional groups attached to an aromatic ring is 1. The van der Waals surface area contributed by atoms with Crippen LogP contribution < -0.4 is 21.3 Å². The van der Waals surface area contributed by atoms with Crippen LogP contribution in [-0.4, -0.2) is 48.2 Å². The van der Waals surface area contributed by atoms with Crippen molar-refractivity contribution >= 4 is 40.1 Å². The van der Waals surface area contributed by atoms with Gasteiger partial charge in [0.05, 0.1) is 21.8 Å². The van der Waals surface area contributed by atoms with Crippen LogP contribution in [0.25, 0.3) is 22.2 Å². The summed E-state index contributed by atoms with van der Waals surface area (Å²) in [6.45, 7) is 4.43. The Kier molecular flexibility index (Phi) is 5.52. The Balaban J connectivity index is 1.97. The Labute approximate surface area is 181 Å². The number of hydrogen-bond donors (Lipinski definition) is 3. The number of rotatable bonds is 3. The van der Waals surface area contributed by atoms with Crippen LogP contribution in [0.3, 0.4) is 0 Å². The maximum absolute atomic E-state index is 13.8. The van der Waals surface area contributed by atoms with Crippen molar-refractivity contribution in [2.75, 3.05) is 49.2 Å². The van der Waals surface area contributed by atoms with E-state index < -0.39 is 11.7 Å². The van der Waals surface area contributed by atoms with Crippen molar-refractivity contribution in [3.8, 4) is 11.3 Å². The fourth-order valence-electron chi connectivity index (χ4n) is 3.79. The lowest BCUT2D eigenvalue weighted by Gasteiger charge is -2.29. The highest BCUT2D eigenvalue weighted by Crippen LogP contribution is 2.42. The van der Waals surface area contributed by atoms with Crippen molar-refractivity contribution in [1.29, 1.82) is 0 Å². The van der Waals surface area contributed by atoms with Gasteiger partial charge in [-0.15, -0.1) is 0 Å². The quantitative estimate of drug-likeness (QED) is 0.559. The second-order valence-corrected chi connectivity index (χ2v) is 7.70. The molecule has 0 spiro atoms. The molecule has 4 N–H and O–H groups in total. The Morgan fingerprint density at radius 2 is 1.84 bits per heavy atom. The Morgan fingerprint density at radius 3 is 2.48 bits per heavy atom. The number of aromatic nitrogens is 3. The predicted molar refractivity (Wildman–Crippen MR) is 117 cm³/mol. The molecular weight excluding hydrogens is 431 g/mol. The lowest BCUT2D eigenvalue weighted by Crippen LogP contribution is -2.44. The second kappa shape index (κ2) is 8.01. The zero-order valence-electron chi connectivity index (χ0n) is 16.9. The largest absolute Gasteiger partial charge is 0.418 e. The van der Waals surface area contributed by atoms with Gasteiger partial charge in [0.25, 0.3) is 0 Å². The van der Waals surface area contributed by atoms with Gasteiger partial charge in [0.15, 0.2) is 0 Å². The number of pyridine rings is 1. The molecule has 1 aromatic carbocycles. The molecule has 11 heteroatoms. The maximum Gasteiger partial charge on any atom is 0.418 e. The monoisotopic (exact) mass is 451 g/mol. The minimum atomic E-state index is -4.62. The Morgan fingerprint density at radius 1 is 1.13 bits per heavy atom. The van der Waals surface area contributed by atoms with Gasteiger partial charge < -0.3 is 21.3 Å². The second-order valence-electron chi connectivity index (χ2n) is 7.29. The summed E-state index contributed by atoms with van der Waals surface area (Å²) in [5.41, 5.74) is 5.14. The zero-order valence-corrected chi connectivity index (χ0v) is 17.7. The van der Waals surface area contributed by atoms with Gasteiger partial charge in [-0.3, -0.25) is 0 Å². The third-order valence-electron chi connectivity index (χ3n) is 5.18. The molecule has 1 saturated heterocycles.